The average Bonchev–Trinajstić information content (AvgIpc) is 3.00. The molecule has 1 amide bonds. The van der Waals surface area contributed by atoms with Crippen LogP contribution in [-0.4, -0.2) is 79.8 Å². The molecule has 4 aromatic rings. The Morgan fingerprint density at radius 1 is 1.00 bits per heavy atom. The molecule has 1 fully saturated rings. The van der Waals surface area contributed by atoms with Gasteiger partial charge in [0.25, 0.3) is 5.91 Å². The monoisotopic (exact) mass is 436 g/mol. The predicted molar refractivity (Wildman–Crippen MR) is 119 cm³/mol. The number of para-hydroxylation sites is 2. The first-order valence-corrected chi connectivity index (χ1v) is 10.4. The Labute approximate surface area is 183 Å². The van der Waals surface area contributed by atoms with E-state index in [0.717, 1.165) is 43.9 Å². The molecule has 10 heteroatoms. The van der Waals surface area contributed by atoms with Gasteiger partial charge in [-0.25, -0.2) is 9.97 Å². The number of likely N-dealkylation sites (N-methyl/N-ethyl adjacent to an activating group) is 1. The molecular weight excluding hydrogens is 412 g/mol. The number of aliphatic hydroxyl groups is 3. The van der Waals surface area contributed by atoms with E-state index in [2.05, 4.69) is 21.8 Å². The number of hydrogen-bond donors (Lipinski definition) is 4. The van der Waals surface area contributed by atoms with E-state index in [0.29, 0.717) is 22.2 Å². The minimum atomic E-state index is -3.34. The molecule has 1 aromatic carbocycles. The number of imidazole rings is 1. The lowest BCUT2D eigenvalue weighted by molar-refractivity contribution is -0.323. The Bertz CT molecular complexity index is 1330. The summed E-state index contributed by atoms with van der Waals surface area (Å²) >= 11 is 0. The van der Waals surface area contributed by atoms with Crippen LogP contribution in [0, 0.1) is 0 Å². The van der Waals surface area contributed by atoms with Gasteiger partial charge < -0.3 is 25.1 Å². The second-order valence-corrected chi connectivity index (χ2v) is 8.13. The summed E-state index contributed by atoms with van der Waals surface area (Å²) in [5.74, 6) is -0.0245. The molecule has 0 spiro atoms. The van der Waals surface area contributed by atoms with E-state index in [4.69, 9.17) is 4.98 Å². The third-order valence-corrected chi connectivity index (χ3v) is 5.77. The molecule has 32 heavy (non-hydrogen) atoms. The first-order chi connectivity index (χ1) is 15.3. The first-order valence-electron chi connectivity index (χ1n) is 10.4. The highest BCUT2D eigenvalue weighted by molar-refractivity contribution is 6.05. The fourth-order valence-electron chi connectivity index (χ4n) is 4.22. The van der Waals surface area contributed by atoms with Crippen molar-refractivity contribution in [3.05, 3.63) is 48.0 Å². The minimum Gasteiger partial charge on any atom is -0.355 e. The van der Waals surface area contributed by atoms with Crippen molar-refractivity contribution in [2.24, 2.45) is 0 Å². The normalized spacial score (nSPS) is 16.1. The van der Waals surface area contributed by atoms with Gasteiger partial charge in [0, 0.05) is 25.0 Å². The van der Waals surface area contributed by atoms with Crippen LogP contribution in [0.25, 0.3) is 27.7 Å². The van der Waals surface area contributed by atoms with Crippen molar-refractivity contribution < 1.29 is 20.1 Å². The van der Waals surface area contributed by atoms with Gasteiger partial charge in [0.1, 0.15) is 11.5 Å². The standard InChI is InChI=1S/C22H24N6O4/c1-26-9-4-10-27(12-11-26)18-8-7-14-13-15(21(29)25-22(30,31)32)20-23-16-5-2-3-6-17(16)28(20)19(14)24-18/h2-3,5-8,13,30-32H,4,9-12H2,1H3,(H,25,29). The van der Waals surface area contributed by atoms with Crippen LogP contribution in [0.3, 0.4) is 0 Å². The number of carbonyl (C=O) groups is 1. The van der Waals surface area contributed by atoms with Gasteiger partial charge in [-0.05, 0) is 50.3 Å². The van der Waals surface area contributed by atoms with Gasteiger partial charge in [-0.2, -0.15) is 0 Å². The summed E-state index contributed by atoms with van der Waals surface area (Å²) in [4.78, 5) is 26.8. The Balaban J connectivity index is 1.72. The topological polar surface area (TPSA) is 126 Å². The third kappa shape index (κ3) is 3.73. The molecule has 0 bridgehead atoms. The molecule has 0 radical (unpaired) electrons. The van der Waals surface area contributed by atoms with Crippen molar-refractivity contribution in [2.45, 2.75) is 12.5 Å². The number of nitrogens with zero attached hydrogens (tertiary/aromatic N) is 5. The van der Waals surface area contributed by atoms with Crippen molar-refractivity contribution in [3.8, 4) is 0 Å². The molecule has 4 heterocycles. The lowest BCUT2D eigenvalue weighted by atomic mass is 10.1. The number of amides is 1. The highest BCUT2D eigenvalue weighted by Gasteiger charge is 2.26. The van der Waals surface area contributed by atoms with E-state index in [1.807, 2.05) is 36.4 Å². The summed E-state index contributed by atoms with van der Waals surface area (Å²) < 4.78 is 1.79. The lowest BCUT2D eigenvalue weighted by Crippen LogP contribution is -2.48. The molecule has 166 valence electrons. The van der Waals surface area contributed by atoms with Gasteiger partial charge in [-0.1, -0.05) is 12.1 Å². The van der Waals surface area contributed by atoms with Gasteiger partial charge in [0.05, 0.1) is 16.6 Å². The molecular formula is C22H24N6O4. The lowest BCUT2D eigenvalue weighted by Gasteiger charge is -2.22. The van der Waals surface area contributed by atoms with Crippen LogP contribution < -0.4 is 10.2 Å². The highest BCUT2D eigenvalue weighted by Crippen LogP contribution is 2.27. The van der Waals surface area contributed by atoms with Gasteiger partial charge in [0.15, 0.2) is 5.65 Å². The maximum Gasteiger partial charge on any atom is 0.369 e. The van der Waals surface area contributed by atoms with E-state index >= 15 is 0 Å². The SMILES string of the molecule is CN1CCCN(c2ccc3cc(C(=O)NC(O)(O)O)c4nc5ccccc5n4c3n2)CC1. The number of anilines is 1. The van der Waals surface area contributed by atoms with Crippen LogP contribution in [0.4, 0.5) is 5.82 Å². The first kappa shape index (κ1) is 20.6. The molecule has 0 unspecified atom stereocenters. The third-order valence-electron chi connectivity index (χ3n) is 5.77. The van der Waals surface area contributed by atoms with E-state index < -0.39 is 12.0 Å². The second-order valence-electron chi connectivity index (χ2n) is 8.13. The zero-order valence-corrected chi connectivity index (χ0v) is 17.6. The zero-order valence-electron chi connectivity index (χ0n) is 17.6. The number of pyridine rings is 2. The van der Waals surface area contributed by atoms with Gasteiger partial charge in [-0.15, -0.1) is 0 Å². The Morgan fingerprint density at radius 2 is 1.81 bits per heavy atom. The van der Waals surface area contributed by atoms with Crippen molar-refractivity contribution in [2.75, 3.05) is 38.1 Å². The molecule has 1 aliphatic rings. The highest BCUT2D eigenvalue weighted by atomic mass is 16.7. The second kappa shape index (κ2) is 7.68. The molecule has 10 nitrogen and oxygen atoms in total. The molecule has 1 saturated heterocycles. The maximum atomic E-state index is 12.7. The Hall–Kier alpha value is -3.31. The number of carbonyl (C=O) groups excluding carboxylic acids is 1. The van der Waals surface area contributed by atoms with Gasteiger partial charge in [0.2, 0.25) is 0 Å². The molecule has 5 rings (SSSR count). The maximum absolute atomic E-state index is 12.7. The number of aromatic nitrogens is 3. The number of fused-ring (bicyclic) bond motifs is 5. The Kier molecular flexibility index (Phi) is 4.94. The summed E-state index contributed by atoms with van der Waals surface area (Å²) in [5, 5.41) is 30.1. The van der Waals surface area contributed by atoms with Gasteiger partial charge >= 0.3 is 6.10 Å². The smallest absolute Gasteiger partial charge is 0.355 e. The van der Waals surface area contributed by atoms with Crippen LogP contribution >= 0.6 is 0 Å². The number of benzene rings is 1. The average molecular weight is 436 g/mol. The van der Waals surface area contributed by atoms with Crippen LogP contribution in [-0.2, 0) is 0 Å². The molecule has 1 aliphatic heterocycles. The molecule has 3 aromatic heterocycles. The summed E-state index contributed by atoms with van der Waals surface area (Å²) in [6, 6.07) is 12.9. The van der Waals surface area contributed by atoms with Crippen molar-refractivity contribution in [1.82, 2.24) is 24.6 Å². The Morgan fingerprint density at radius 3 is 2.62 bits per heavy atom. The van der Waals surface area contributed by atoms with Crippen molar-refractivity contribution >= 4 is 39.4 Å². The van der Waals surface area contributed by atoms with E-state index in [1.165, 1.54) is 0 Å². The number of hydrogen-bond acceptors (Lipinski definition) is 8. The molecule has 4 N–H and O–H groups in total. The molecule has 0 saturated carbocycles. The summed E-state index contributed by atoms with van der Waals surface area (Å²) in [5.41, 5.74) is 2.47. The summed E-state index contributed by atoms with van der Waals surface area (Å²) in [6.07, 6.45) is -2.29. The van der Waals surface area contributed by atoms with Crippen LogP contribution in [0.2, 0.25) is 0 Å². The van der Waals surface area contributed by atoms with Gasteiger partial charge in [-0.3, -0.25) is 14.5 Å². The minimum absolute atomic E-state index is 0.0844. The number of rotatable bonds is 3. The molecule has 0 aliphatic carbocycles. The van der Waals surface area contributed by atoms with E-state index in [9.17, 15) is 20.1 Å². The van der Waals surface area contributed by atoms with Crippen LogP contribution in [0.1, 0.15) is 16.8 Å². The van der Waals surface area contributed by atoms with E-state index in [-0.39, 0.29) is 5.56 Å². The van der Waals surface area contributed by atoms with E-state index in [1.54, 1.807) is 15.8 Å². The predicted octanol–water partition coefficient (Wildman–Crippen LogP) is 0.496. The quantitative estimate of drug-likeness (QED) is 0.342. The van der Waals surface area contributed by atoms with Crippen molar-refractivity contribution in [3.63, 3.8) is 0 Å². The fraction of sp³-hybridized carbons (Fsp3) is 0.318. The largest absolute Gasteiger partial charge is 0.369 e. The van der Waals surface area contributed by atoms with Crippen LogP contribution in [0.15, 0.2) is 42.5 Å². The summed E-state index contributed by atoms with van der Waals surface area (Å²) in [7, 11) is 2.12. The number of nitrogens with one attached hydrogen (secondary N) is 1. The van der Waals surface area contributed by atoms with Crippen LogP contribution in [0.5, 0.6) is 0 Å². The zero-order chi connectivity index (χ0) is 22.5. The molecule has 0 atom stereocenters. The fourth-order valence-corrected chi connectivity index (χ4v) is 4.22. The summed E-state index contributed by atoms with van der Waals surface area (Å²) in [6.45, 7) is 3.77. The van der Waals surface area contributed by atoms with Crippen molar-refractivity contribution in [1.29, 1.82) is 0 Å².